The molecular formula is C14H16FN5S. The third-order valence-electron chi connectivity index (χ3n) is 3.57. The van der Waals surface area contributed by atoms with Crippen LogP contribution in [0.2, 0.25) is 0 Å². The maximum Gasteiger partial charge on any atom is 0.185 e. The molecule has 0 unspecified atom stereocenters. The highest BCUT2D eigenvalue weighted by atomic mass is 32.1. The molecule has 21 heavy (non-hydrogen) atoms. The van der Waals surface area contributed by atoms with Gasteiger partial charge < -0.3 is 15.5 Å². The molecule has 0 bridgehead atoms. The van der Waals surface area contributed by atoms with E-state index in [0.717, 1.165) is 31.3 Å². The summed E-state index contributed by atoms with van der Waals surface area (Å²) in [6.45, 7) is 3.15. The molecule has 0 aliphatic carbocycles. The number of benzene rings is 1. The molecule has 5 nitrogen and oxygen atoms in total. The number of hydrogen-bond acceptors (Lipinski definition) is 5. The van der Waals surface area contributed by atoms with Gasteiger partial charge >= 0.3 is 0 Å². The van der Waals surface area contributed by atoms with Crippen molar-refractivity contribution in [2.75, 3.05) is 36.0 Å². The van der Waals surface area contributed by atoms with Gasteiger partial charge in [-0.25, -0.2) is 9.37 Å². The van der Waals surface area contributed by atoms with E-state index in [9.17, 15) is 4.39 Å². The molecule has 0 spiro atoms. The van der Waals surface area contributed by atoms with Crippen LogP contribution in [0.1, 0.15) is 5.56 Å². The monoisotopic (exact) mass is 305 g/mol. The van der Waals surface area contributed by atoms with Crippen molar-refractivity contribution < 1.29 is 4.39 Å². The summed E-state index contributed by atoms with van der Waals surface area (Å²) < 4.78 is 13.9. The Morgan fingerprint density at radius 1 is 1.24 bits per heavy atom. The van der Waals surface area contributed by atoms with Crippen LogP contribution in [0.5, 0.6) is 0 Å². The number of halogens is 1. The van der Waals surface area contributed by atoms with Crippen molar-refractivity contribution in [2.45, 2.75) is 0 Å². The molecule has 1 aromatic carbocycles. The van der Waals surface area contributed by atoms with Gasteiger partial charge in [-0.2, -0.15) is 0 Å². The summed E-state index contributed by atoms with van der Waals surface area (Å²) >= 11 is 1.62. The second kappa shape index (κ2) is 5.69. The van der Waals surface area contributed by atoms with Crippen LogP contribution in [0.15, 0.2) is 29.8 Å². The van der Waals surface area contributed by atoms with Crippen LogP contribution >= 0.6 is 11.3 Å². The molecule has 110 valence electrons. The molecule has 1 saturated heterocycles. The fourth-order valence-electron chi connectivity index (χ4n) is 2.55. The third-order valence-corrected chi connectivity index (χ3v) is 4.40. The number of nitrogens with one attached hydrogen (secondary N) is 1. The standard InChI is InChI=1S/C14H16FN5S/c15-10-2-1-3-11(12(10)13(16)17)19-5-7-20(8-6-19)14-18-4-9-21-14/h1-4,9H,5-8H2,(H3,16,17). The van der Waals surface area contributed by atoms with Gasteiger partial charge in [0.1, 0.15) is 11.7 Å². The third kappa shape index (κ3) is 2.69. The normalized spacial score (nSPS) is 15.3. The number of piperazine rings is 1. The lowest BCUT2D eigenvalue weighted by Gasteiger charge is -2.36. The first-order chi connectivity index (χ1) is 10.2. The quantitative estimate of drug-likeness (QED) is 0.671. The Bertz CT molecular complexity index is 635. The highest BCUT2D eigenvalue weighted by molar-refractivity contribution is 7.13. The predicted molar refractivity (Wildman–Crippen MR) is 84.0 cm³/mol. The van der Waals surface area contributed by atoms with E-state index < -0.39 is 5.82 Å². The van der Waals surface area contributed by atoms with Crippen LogP contribution in [-0.2, 0) is 0 Å². The first-order valence-corrected chi connectivity index (χ1v) is 7.57. The molecule has 0 radical (unpaired) electrons. The van der Waals surface area contributed by atoms with E-state index in [1.54, 1.807) is 23.6 Å². The fourth-order valence-corrected chi connectivity index (χ4v) is 3.25. The second-order valence-corrected chi connectivity index (χ2v) is 5.71. The molecule has 0 amide bonds. The summed E-state index contributed by atoms with van der Waals surface area (Å²) in [4.78, 5) is 8.60. The van der Waals surface area contributed by atoms with Crippen molar-refractivity contribution >= 4 is 28.0 Å². The van der Waals surface area contributed by atoms with Gasteiger partial charge in [-0.3, -0.25) is 5.41 Å². The number of aromatic nitrogens is 1. The summed E-state index contributed by atoms with van der Waals surface area (Å²) in [6, 6.07) is 4.81. The highest BCUT2D eigenvalue weighted by Crippen LogP contribution is 2.26. The van der Waals surface area contributed by atoms with E-state index in [-0.39, 0.29) is 11.4 Å². The molecule has 0 atom stereocenters. The van der Waals surface area contributed by atoms with Crippen LogP contribution in [0.3, 0.4) is 0 Å². The van der Waals surface area contributed by atoms with Gasteiger partial charge in [0.25, 0.3) is 0 Å². The Labute approximate surface area is 126 Å². The molecule has 0 saturated carbocycles. The Hall–Kier alpha value is -2.15. The van der Waals surface area contributed by atoms with Crippen molar-refractivity contribution in [3.63, 3.8) is 0 Å². The van der Waals surface area contributed by atoms with Crippen molar-refractivity contribution in [3.8, 4) is 0 Å². The van der Waals surface area contributed by atoms with Gasteiger partial charge in [-0.1, -0.05) is 6.07 Å². The SMILES string of the molecule is N=C(N)c1c(F)cccc1N1CCN(c2nccs2)CC1. The van der Waals surface area contributed by atoms with Crippen LogP contribution in [0, 0.1) is 11.2 Å². The summed E-state index contributed by atoms with van der Waals surface area (Å²) in [5, 5.41) is 10.6. The van der Waals surface area contributed by atoms with E-state index in [1.165, 1.54) is 6.07 Å². The zero-order chi connectivity index (χ0) is 14.8. The largest absolute Gasteiger partial charge is 0.384 e. The summed E-state index contributed by atoms with van der Waals surface area (Å²) in [5.74, 6) is -0.673. The van der Waals surface area contributed by atoms with Gasteiger partial charge in [0.05, 0.1) is 11.3 Å². The smallest absolute Gasteiger partial charge is 0.185 e. The number of nitrogens with zero attached hydrogens (tertiary/aromatic N) is 3. The highest BCUT2D eigenvalue weighted by Gasteiger charge is 2.22. The van der Waals surface area contributed by atoms with E-state index in [4.69, 9.17) is 11.1 Å². The molecule has 1 aromatic heterocycles. The van der Waals surface area contributed by atoms with Crippen LogP contribution < -0.4 is 15.5 Å². The van der Waals surface area contributed by atoms with Gasteiger partial charge in [-0.15, -0.1) is 11.3 Å². The number of nitrogen functional groups attached to an aromatic ring is 1. The molecule has 3 N–H and O–H groups in total. The van der Waals surface area contributed by atoms with Crippen LogP contribution in [0.4, 0.5) is 15.2 Å². The second-order valence-electron chi connectivity index (χ2n) is 4.84. The molecule has 2 aromatic rings. The number of anilines is 2. The predicted octanol–water partition coefficient (Wildman–Crippen LogP) is 1.89. The van der Waals surface area contributed by atoms with Crippen molar-refractivity contribution in [1.29, 1.82) is 5.41 Å². The molecule has 2 heterocycles. The Morgan fingerprint density at radius 2 is 1.95 bits per heavy atom. The zero-order valence-corrected chi connectivity index (χ0v) is 12.2. The lowest BCUT2D eigenvalue weighted by Crippen LogP contribution is -2.47. The minimum absolute atomic E-state index is 0.195. The summed E-state index contributed by atoms with van der Waals surface area (Å²) in [5.41, 5.74) is 6.41. The molecular weight excluding hydrogens is 289 g/mol. The van der Waals surface area contributed by atoms with E-state index in [2.05, 4.69) is 14.8 Å². The number of hydrogen-bond donors (Lipinski definition) is 2. The lowest BCUT2D eigenvalue weighted by molar-refractivity contribution is 0.617. The summed E-state index contributed by atoms with van der Waals surface area (Å²) in [7, 11) is 0. The minimum Gasteiger partial charge on any atom is -0.384 e. The van der Waals surface area contributed by atoms with Crippen LogP contribution in [0.25, 0.3) is 0 Å². The van der Waals surface area contributed by atoms with E-state index in [1.807, 2.05) is 11.4 Å². The number of rotatable bonds is 3. The Kier molecular flexibility index (Phi) is 3.74. The topological polar surface area (TPSA) is 69.2 Å². The van der Waals surface area contributed by atoms with Crippen molar-refractivity contribution in [3.05, 3.63) is 41.2 Å². The maximum absolute atomic E-state index is 13.9. The lowest BCUT2D eigenvalue weighted by atomic mass is 10.1. The zero-order valence-electron chi connectivity index (χ0n) is 11.4. The van der Waals surface area contributed by atoms with Crippen LogP contribution in [-0.4, -0.2) is 37.0 Å². The Balaban J connectivity index is 1.78. The average Bonchev–Trinajstić information content (AvgIpc) is 3.01. The number of thiazole rings is 1. The van der Waals surface area contributed by atoms with Crippen molar-refractivity contribution in [2.24, 2.45) is 5.73 Å². The number of amidine groups is 1. The molecule has 1 aliphatic heterocycles. The molecule has 3 rings (SSSR count). The van der Waals surface area contributed by atoms with Gasteiger partial charge in [0.15, 0.2) is 5.13 Å². The fraction of sp³-hybridized carbons (Fsp3) is 0.286. The molecule has 7 heteroatoms. The maximum atomic E-state index is 13.9. The summed E-state index contributed by atoms with van der Waals surface area (Å²) in [6.07, 6.45) is 1.80. The Morgan fingerprint density at radius 3 is 2.57 bits per heavy atom. The average molecular weight is 305 g/mol. The van der Waals surface area contributed by atoms with Gasteiger partial charge in [-0.05, 0) is 12.1 Å². The van der Waals surface area contributed by atoms with E-state index in [0.29, 0.717) is 5.69 Å². The molecule has 1 aliphatic rings. The van der Waals surface area contributed by atoms with Gasteiger partial charge in [0, 0.05) is 37.8 Å². The minimum atomic E-state index is -0.442. The van der Waals surface area contributed by atoms with E-state index >= 15 is 0 Å². The first-order valence-electron chi connectivity index (χ1n) is 6.69. The van der Waals surface area contributed by atoms with Gasteiger partial charge in [0.2, 0.25) is 0 Å². The first kappa shape index (κ1) is 13.8. The number of nitrogens with two attached hydrogens (primary N) is 1. The van der Waals surface area contributed by atoms with Crippen molar-refractivity contribution in [1.82, 2.24) is 4.98 Å². The molecule has 1 fully saturated rings.